The van der Waals surface area contributed by atoms with E-state index >= 15 is 0 Å². The van der Waals surface area contributed by atoms with E-state index in [-0.39, 0.29) is 48.3 Å². The molecule has 8 nitrogen and oxygen atoms in total. The number of nitrogens with one attached hydrogen (secondary N) is 2. The number of ether oxygens (including phenoxy) is 2. The second kappa shape index (κ2) is 22.9. The topological polar surface area (TPSA) is 97.0 Å². The van der Waals surface area contributed by atoms with Crippen molar-refractivity contribution in [3.8, 4) is 0 Å². The first-order valence-corrected chi connectivity index (χ1v) is 17.5. The van der Waals surface area contributed by atoms with E-state index in [1.165, 1.54) is 0 Å². The van der Waals surface area contributed by atoms with Crippen LogP contribution in [0.15, 0.2) is 0 Å². The Bertz CT molecular complexity index is 771. The number of ketones is 1. The zero-order valence-corrected chi connectivity index (χ0v) is 29.1. The summed E-state index contributed by atoms with van der Waals surface area (Å²) < 4.78 is 11.8. The van der Waals surface area contributed by atoms with Crippen LogP contribution in [0.25, 0.3) is 0 Å². The minimum atomic E-state index is -0.128. The molecule has 0 aromatic heterocycles. The van der Waals surface area contributed by atoms with Crippen LogP contribution < -0.4 is 10.6 Å². The molecule has 0 bridgehead atoms. The van der Waals surface area contributed by atoms with Gasteiger partial charge in [0, 0.05) is 38.4 Å². The Morgan fingerprint density at radius 3 is 1.98 bits per heavy atom. The van der Waals surface area contributed by atoms with Crippen LogP contribution in [-0.4, -0.2) is 78.6 Å². The molecule has 1 aliphatic heterocycles. The molecule has 0 unspecified atom stereocenters. The van der Waals surface area contributed by atoms with Crippen LogP contribution in [0.1, 0.15) is 145 Å². The van der Waals surface area contributed by atoms with E-state index in [1.54, 1.807) is 0 Å². The first-order valence-electron chi connectivity index (χ1n) is 17.5. The zero-order valence-electron chi connectivity index (χ0n) is 29.1. The molecule has 0 radical (unpaired) electrons. The van der Waals surface area contributed by atoms with Gasteiger partial charge in [0.15, 0.2) is 0 Å². The Kier molecular flexibility index (Phi) is 21.1. The molecule has 3 atom stereocenters. The molecule has 2 N–H and O–H groups in total. The number of likely N-dealkylation sites (tertiary alicyclic amines) is 1. The molecule has 0 spiro atoms. The lowest BCUT2D eigenvalue weighted by atomic mass is 10.0. The summed E-state index contributed by atoms with van der Waals surface area (Å²) in [6.45, 7) is 18.6. The van der Waals surface area contributed by atoms with Gasteiger partial charge in [0.2, 0.25) is 11.8 Å². The summed E-state index contributed by atoms with van der Waals surface area (Å²) in [6, 6.07) is 0.237. The summed E-state index contributed by atoms with van der Waals surface area (Å²) in [7, 11) is 0. The number of Topliss-reactive ketones (excluding diaryl/α,β-unsaturated/α-hetero) is 1. The predicted molar refractivity (Wildman–Crippen MR) is 176 cm³/mol. The summed E-state index contributed by atoms with van der Waals surface area (Å²) in [6.07, 6.45) is 12.5. The van der Waals surface area contributed by atoms with Gasteiger partial charge in [0.05, 0.1) is 37.0 Å². The van der Waals surface area contributed by atoms with E-state index in [4.69, 9.17) is 9.47 Å². The number of carbonyl (C=O) groups excluding carboxylic acids is 3. The van der Waals surface area contributed by atoms with E-state index < -0.39 is 0 Å². The van der Waals surface area contributed by atoms with E-state index in [1.807, 2.05) is 32.6 Å². The number of hydrogen-bond acceptors (Lipinski definition) is 6. The highest BCUT2D eigenvalue weighted by molar-refractivity contribution is 5.81. The van der Waals surface area contributed by atoms with Crippen molar-refractivity contribution in [2.45, 2.75) is 182 Å². The van der Waals surface area contributed by atoms with Crippen LogP contribution in [0.4, 0.5) is 0 Å². The van der Waals surface area contributed by atoms with Gasteiger partial charge in [0.25, 0.3) is 0 Å². The maximum absolute atomic E-state index is 13.0. The third-order valence-corrected chi connectivity index (χ3v) is 7.94. The molecule has 0 aromatic rings. The van der Waals surface area contributed by atoms with Crippen LogP contribution in [0.3, 0.4) is 0 Å². The fourth-order valence-corrected chi connectivity index (χ4v) is 5.73. The Morgan fingerprint density at radius 1 is 0.767 bits per heavy atom. The molecule has 0 saturated carbocycles. The Balaban J connectivity index is 2.16. The van der Waals surface area contributed by atoms with E-state index in [9.17, 15) is 14.4 Å². The highest BCUT2D eigenvalue weighted by Gasteiger charge is 2.36. The maximum Gasteiger partial charge on any atom is 0.237 e. The average Bonchev–Trinajstić information content (AvgIpc) is 3.32. The Hall–Kier alpha value is -1.51. The molecular weight excluding hydrogens is 542 g/mol. The quantitative estimate of drug-likeness (QED) is 0.113. The SMILES string of the molecule is CC(C)CCC[C@@H](NC(C)C)C(=O)NCCCCCC(=O)CCCCCCC(=O)N1C[C@H](OC(C)C)C[C@H]1COC(C)C. The van der Waals surface area contributed by atoms with Crippen molar-refractivity contribution >= 4 is 17.6 Å². The fourth-order valence-electron chi connectivity index (χ4n) is 5.73. The number of carbonyl (C=O) groups is 3. The molecular formula is C35H67N3O5. The number of rotatable bonds is 25. The smallest absolute Gasteiger partial charge is 0.237 e. The maximum atomic E-state index is 13.0. The first-order chi connectivity index (χ1) is 20.4. The number of amides is 2. The molecule has 8 heteroatoms. The molecule has 0 aromatic carbocycles. The van der Waals surface area contributed by atoms with Gasteiger partial charge in [-0.1, -0.05) is 59.8 Å². The Morgan fingerprint density at radius 2 is 1.40 bits per heavy atom. The highest BCUT2D eigenvalue weighted by atomic mass is 16.5. The van der Waals surface area contributed by atoms with E-state index in [2.05, 4.69) is 38.3 Å². The lowest BCUT2D eigenvalue weighted by Crippen LogP contribution is -2.47. The van der Waals surface area contributed by atoms with Crippen molar-refractivity contribution in [1.29, 1.82) is 0 Å². The zero-order chi connectivity index (χ0) is 32.2. The molecule has 1 heterocycles. The second-order valence-electron chi connectivity index (χ2n) is 13.9. The third kappa shape index (κ3) is 19.5. The van der Waals surface area contributed by atoms with Crippen LogP contribution in [0, 0.1) is 5.92 Å². The van der Waals surface area contributed by atoms with Crippen molar-refractivity contribution < 1.29 is 23.9 Å². The summed E-state index contributed by atoms with van der Waals surface area (Å²) in [5.41, 5.74) is 0. The van der Waals surface area contributed by atoms with Gasteiger partial charge in [0.1, 0.15) is 5.78 Å². The van der Waals surface area contributed by atoms with Crippen LogP contribution in [-0.2, 0) is 23.9 Å². The highest BCUT2D eigenvalue weighted by Crippen LogP contribution is 2.24. The van der Waals surface area contributed by atoms with E-state index in [0.29, 0.717) is 50.7 Å². The molecule has 1 aliphatic rings. The normalized spacial score (nSPS) is 17.9. The molecule has 252 valence electrons. The van der Waals surface area contributed by atoms with Gasteiger partial charge in [-0.2, -0.15) is 0 Å². The summed E-state index contributed by atoms with van der Waals surface area (Å²) in [5.74, 6) is 1.27. The number of unbranched alkanes of at least 4 members (excludes halogenated alkanes) is 5. The number of nitrogens with zero attached hydrogens (tertiary/aromatic N) is 1. The molecule has 43 heavy (non-hydrogen) atoms. The van der Waals surface area contributed by atoms with Crippen molar-refractivity contribution in [3.05, 3.63) is 0 Å². The van der Waals surface area contributed by atoms with Gasteiger partial charge in [-0.3, -0.25) is 14.4 Å². The van der Waals surface area contributed by atoms with Crippen LogP contribution in [0.5, 0.6) is 0 Å². The third-order valence-electron chi connectivity index (χ3n) is 7.94. The van der Waals surface area contributed by atoms with Gasteiger partial charge in [-0.25, -0.2) is 0 Å². The lowest BCUT2D eigenvalue weighted by molar-refractivity contribution is -0.134. The van der Waals surface area contributed by atoms with E-state index in [0.717, 1.165) is 70.6 Å². The summed E-state index contributed by atoms with van der Waals surface area (Å²) in [4.78, 5) is 39.9. The lowest BCUT2D eigenvalue weighted by Gasteiger charge is -2.25. The Labute approximate surface area is 264 Å². The van der Waals surface area contributed by atoms with Crippen molar-refractivity contribution in [3.63, 3.8) is 0 Å². The van der Waals surface area contributed by atoms with Crippen molar-refractivity contribution in [2.24, 2.45) is 5.92 Å². The summed E-state index contributed by atoms with van der Waals surface area (Å²) in [5, 5.41) is 6.49. The first kappa shape index (κ1) is 39.5. The number of hydrogen-bond donors (Lipinski definition) is 2. The average molecular weight is 610 g/mol. The molecule has 1 fully saturated rings. The van der Waals surface area contributed by atoms with Gasteiger partial charge < -0.3 is 25.0 Å². The van der Waals surface area contributed by atoms with Gasteiger partial charge in [-0.15, -0.1) is 0 Å². The standard InChI is InChI=1S/C35H67N3O5/c1-26(2)17-16-20-33(37-27(3)4)35(41)36-22-15-11-13-19-31(39)18-12-9-10-14-21-34(40)38-24-32(43-29(7)8)23-30(38)25-42-28(5)6/h26-30,32-33,37H,9-25H2,1-8H3,(H,36,41)/t30-,32+,33+/m0/s1. The summed E-state index contributed by atoms with van der Waals surface area (Å²) >= 11 is 0. The van der Waals surface area contributed by atoms with Crippen LogP contribution in [0.2, 0.25) is 0 Å². The monoisotopic (exact) mass is 610 g/mol. The predicted octanol–water partition coefficient (Wildman–Crippen LogP) is 6.59. The molecule has 2 amide bonds. The fraction of sp³-hybridized carbons (Fsp3) is 0.914. The van der Waals surface area contributed by atoms with Gasteiger partial charge >= 0.3 is 0 Å². The van der Waals surface area contributed by atoms with Crippen molar-refractivity contribution in [1.82, 2.24) is 15.5 Å². The second-order valence-corrected chi connectivity index (χ2v) is 13.9. The minimum absolute atomic E-state index is 0.0817. The molecule has 0 aliphatic carbocycles. The largest absolute Gasteiger partial charge is 0.377 e. The van der Waals surface area contributed by atoms with Gasteiger partial charge in [-0.05, 0) is 72.1 Å². The van der Waals surface area contributed by atoms with Crippen LogP contribution >= 0.6 is 0 Å². The molecule has 1 rings (SSSR count). The molecule has 1 saturated heterocycles. The van der Waals surface area contributed by atoms with Crippen molar-refractivity contribution in [2.75, 3.05) is 19.7 Å². The minimum Gasteiger partial charge on any atom is -0.377 e.